The van der Waals surface area contributed by atoms with E-state index in [1.165, 1.54) is 10.4 Å². The molecule has 1 aliphatic heterocycles. The molecule has 0 spiro atoms. The summed E-state index contributed by atoms with van der Waals surface area (Å²) < 4.78 is 0. The van der Waals surface area contributed by atoms with Crippen LogP contribution in [0.15, 0.2) is 47.8 Å². The minimum Gasteiger partial charge on any atom is -0.394 e. The number of thiophene rings is 1. The summed E-state index contributed by atoms with van der Waals surface area (Å²) >= 11 is 1.76. The molecule has 3 nitrogen and oxygen atoms in total. The zero-order chi connectivity index (χ0) is 14.5. The van der Waals surface area contributed by atoms with Crippen LogP contribution in [0.4, 0.5) is 0 Å². The van der Waals surface area contributed by atoms with Gasteiger partial charge in [-0.1, -0.05) is 36.4 Å². The minimum absolute atomic E-state index is 0.154. The van der Waals surface area contributed by atoms with E-state index in [2.05, 4.69) is 52.0 Å². The summed E-state index contributed by atoms with van der Waals surface area (Å²) in [5.74, 6) is 0. The van der Waals surface area contributed by atoms with Gasteiger partial charge in [-0.15, -0.1) is 11.3 Å². The Morgan fingerprint density at radius 3 is 2.76 bits per heavy atom. The van der Waals surface area contributed by atoms with E-state index in [1.54, 1.807) is 11.3 Å². The van der Waals surface area contributed by atoms with Crippen molar-refractivity contribution in [3.63, 3.8) is 0 Å². The number of hydrogen-bond donors (Lipinski definition) is 2. The van der Waals surface area contributed by atoms with Crippen LogP contribution >= 0.6 is 11.3 Å². The Morgan fingerprint density at radius 2 is 2.05 bits per heavy atom. The van der Waals surface area contributed by atoms with E-state index in [4.69, 9.17) is 0 Å². The molecule has 1 unspecified atom stereocenters. The van der Waals surface area contributed by atoms with Crippen molar-refractivity contribution in [3.05, 3.63) is 58.3 Å². The number of rotatable bonds is 6. The molecule has 0 bridgehead atoms. The summed E-state index contributed by atoms with van der Waals surface area (Å²) in [5.41, 5.74) is 1.18. The molecule has 1 aliphatic rings. The lowest BCUT2D eigenvalue weighted by atomic mass is 10.00. The Bertz CT molecular complexity index is 543. The van der Waals surface area contributed by atoms with Gasteiger partial charge in [-0.2, -0.15) is 0 Å². The van der Waals surface area contributed by atoms with Crippen molar-refractivity contribution in [1.29, 1.82) is 0 Å². The molecule has 1 atom stereocenters. The first-order valence-corrected chi connectivity index (χ1v) is 8.32. The number of nitrogens with zero attached hydrogens (tertiary/aromatic N) is 1. The van der Waals surface area contributed by atoms with Crippen LogP contribution in [-0.4, -0.2) is 35.2 Å². The Balaban J connectivity index is 1.57. The molecule has 2 N–H and O–H groups in total. The van der Waals surface area contributed by atoms with Gasteiger partial charge in [0.15, 0.2) is 0 Å². The largest absolute Gasteiger partial charge is 0.394 e. The summed E-state index contributed by atoms with van der Waals surface area (Å²) in [4.78, 5) is 3.75. The van der Waals surface area contributed by atoms with Crippen LogP contribution in [0.5, 0.6) is 0 Å². The third kappa shape index (κ3) is 3.71. The fraction of sp³-hybridized carbons (Fsp3) is 0.412. The van der Waals surface area contributed by atoms with E-state index < -0.39 is 0 Å². The highest BCUT2D eigenvalue weighted by atomic mass is 32.1. The highest BCUT2D eigenvalue weighted by Crippen LogP contribution is 2.23. The second-order valence-electron chi connectivity index (χ2n) is 5.82. The van der Waals surface area contributed by atoms with Crippen molar-refractivity contribution < 1.29 is 5.11 Å². The van der Waals surface area contributed by atoms with Crippen LogP contribution in [-0.2, 0) is 13.1 Å². The lowest BCUT2D eigenvalue weighted by molar-refractivity contribution is 0.158. The zero-order valence-electron chi connectivity index (χ0n) is 12.2. The van der Waals surface area contributed by atoms with Crippen LogP contribution in [0.2, 0.25) is 0 Å². The second kappa shape index (κ2) is 6.71. The highest BCUT2D eigenvalue weighted by molar-refractivity contribution is 7.09. The van der Waals surface area contributed by atoms with Crippen LogP contribution in [0, 0.1) is 0 Å². The van der Waals surface area contributed by atoms with Crippen molar-refractivity contribution in [1.82, 2.24) is 10.2 Å². The van der Waals surface area contributed by atoms with Crippen molar-refractivity contribution in [2.75, 3.05) is 19.7 Å². The van der Waals surface area contributed by atoms with E-state index in [0.717, 1.165) is 32.6 Å². The summed E-state index contributed by atoms with van der Waals surface area (Å²) in [6.45, 7) is 3.95. The zero-order valence-corrected chi connectivity index (χ0v) is 13.0. The molecule has 3 rings (SSSR count). The molecule has 2 heterocycles. The number of nitrogens with one attached hydrogen (secondary N) is 1. The first kappa shape index (κ1) is 14.7. The van der Waals surface area contributed by atoms with Gasteiger partial charge in [-0.3, -0.25) is 4.90 Å². The smallest absolute Gasteiger partial charge is 0.0626 e. The predicted octanol–water partition coefficient (Wildman–Crippen LogP) is 2.47. The third-order valence-electron chi connectivity index (χ3n) is 4.20. The summed E-state index contributed by atoms with van der Waals surface area (Å²) in [6, 6.07) is 14.8. The molecule has 4 heteroatoms. The van der Waals surface area contributed by atoms with Crippen LogP contribution in [0.3, 0.4) is 0 Å². The van der Waals surface area contributed by atoms with Gasteiger partial charge < -0.3 is 10.4 Å². The first-order chi connectivity index (χ1) is 10.3. The van der Waals surface area contributed by atoms with Gasteiger partial charge in [0.05, 0.1) is 12.1 Å². The Morgan fingerprint density at radius 1 is 1.19 bits per heavy atom. The molecule has 0 amide bonds. The average molecular weight is 302 g/mol. The van der Waals surface area contributed by atoms with Crippen LogP contribution in [0.1, 0.15) is 16.9 Å². The molecule has 1 aromatic carbocycles. The lowest BCUT2D eigenvalue weighted by Crippen LogP contribution is -2.50. The number of aliphatic hydroxyl groups is 1. The van der Waals surface area contributed by atoms with Gasteiger partial charge in [-0.05, 0) is 23.4 Å². The molecule has 1 fully saturated rings. The molecule has 112 valence electrons. The Labute approximate surface area is 130 Å². The standard InChI is InChI=1S/C17H22N2OS/c20-14-17(18-11-16-7-4-10-21-16)8-9-19(13-17)12-15-5-2-1-3-6-15/h1-7,10,18,20H,8-9,11-14H2. The molecule has 0 aliphatic carbocycles. The maximum absolute atomic E-state index is 9.84. The fourth-order valence-corrected chi connectivity index (χ4v) is 3.60. The van der Waals surface area contributed by atoms with E-state index in [9.17, 15) is 5.11 Å². The summed E-state index contributed by atoms with van der Waals surface area (Å²) in [7, 11) is 0. The predicted molar refractivity (Wildman–Crippen MR) is 87.3 cm³/mol. The Kier molecular flexibility index (Phi) is 4.70. The molecule has 21 heavy (non-hydrogen) atoms. The molecule has 0 saturated carbocycles. The lowest BCUT2D eigenvalue weighted by Gasteiger charge is -2.28. The number of likely N-dealkylation sites (tertiary alicyclic amines) is 1. The van der Waals surface area contributed by atoms with Crippen LogP contribution < -0.4 is 5.32 Å². The van der Waals surface area contributed by atoms with Gasteiger partial charge in [0.2, 0.25) is 0 Å². The molecule has 2 aromatic rings. The van der Waals surface area contributed by atoms with Gasteiger partial charge in [-0.25, -0.2) is 0 Å². The SMILES string of the molecule is OCC1(NCc2cccs2)CCN(Cc2ccccc2)C1. The summed E-state index contributed by atoms with van der Waals surface area (Å²) in [6.07, 6.45) is 1.00. The molecular weight excluding hydrogens is 280 g/mol. The fourth-order valence-electron chi connectivity index (χ4n) is 2.95. The number of benzene rings is 1. The molecule has 1 aromatic heterocycles. The van der Waals surface area contributed by atoms with Gasteiger partial charge in [0, 0.05) is 31.1 Å². The number of hydrogen-bond acceptors (Lipinski definition) is 4. The van der Waals surface area contributed by atoms with Crippen molar-refractivity contribution in [2.24, 2.45) is 0 Å². The van der Waals surface area contributed by atoms with Gasteiger partial charge in [0.25, 0.3) is 0 Å². The quantitative estimate of drug-likeness (QED) is 0.860. The van der Waals surface area contributed by atoms with E-state index in [0.29, 0.717) is 0 Å². The minimum atomic E-state index is -0.154. The molecular formula is C17H22N2OS. The van der Waals surface area contributed by atoms with Crippen molar-refractivity contribution >= 4 is 11.3 Å². The first-order valence-electron chi connectivity index (χ1n) is 7.44. The maximum atomic E-state index is 9.84. The number of aliphatic hydroxyl groups excluding tert-OH is 1. The van der Waals surface area contributed by atoms with Gasteiger partial charge in [0.1, 0.15) is 0 Å². The van der Waals surface area contributed by atoms with Crippen molar-refractivity contribution in [2.45, 2.75) is 25.0 Å². The van der Waals surface area contributed by atoms with E-state index in [1.807, 2.05) is 6.07 Å². The maximum Gasteiger partial charge on any atom is 0.0626 e. The average Bonchev–Trinajstić information content (AvgIpc) is 3.17. The Hall–Kier alpha value is -1.20. The van der Waals surface area contributed by atoms with E-state index >= 15 is 0 Å². The molecule has 0 radical (unpaired) electrons. The highest BCUT2D eigenvalue weighted by Gasteiger charge is 2.37. The topological polar surface area (TPSA) is 35.5 Å². The summed E-state index contributed by atoms with van der Waals surface area (Å²) in [5, 5.41) is 15.5. The monoisotopic (exact) mass is 302 g/mol. The normalized spacial score (nSPS) is 22.7. The van der Waals surface area contributed by atoms with Crippen LogP contribution in [0.25, 0.3) is 0 Å². The molecule has 1 saturated heterocycles. The second-order valence-corrected chi connectivity index (χ2v) is 6.85. The van der Waals surface area contributed by atoms with Gasteiger partial charge >= 0.3 is 0 Å². The third-order valence-corrected chi connectivity index (χ3v) is 5.08. The van der Waals surface area contributed by atoms with Crippen molar-refractivity contribution in [3.8, 4) is 0 Å². The van der Waals surface area contributed by atoms with E-state index in [-0.39, 0.29) is 12.1 Å².